The zero-order chi connectivity index (χ0) is 14.3. The molecule has 0 atom stereocenters. The summed E-state index contributed by atoms with van der Waals surface area (Å²) in [5.74, 6) is 1.56. The highest BCUT2D eigenvalue weighted by molar-refractivity contribution is 5.39. The summed E-state index contributed by atoms with van der Waals surface area (Å²) in [6, 6.07) is 10.4. The van der Waals surface area contributed by atoms with Gasteiger partial charge >= 0.3 is 0 Å². The summed E-state index contributed by atoms with van der Waals surface area (Å²) >= 11 is 0. The van der Waals surface area contributed by atoms with E-state index in [1.54, 1.807) is 6.20 Å². The van der Waals surface area contributed by atoms with E-state index in [1.807, 2.05) is 6.07 Å². The van der Waals surface area contributed by atoms with Gasteiger partial charge in [0, 0.05) is 19.6 Å². The van der Waals surface area contributed by atoms with Crippen molar-refractivity contribution in [2.45, 2.75) is 25.7 Å². The number of anilines is 2. The highest BCUT2D eigenvalue weighted by Gasteiger charge is 2.14. The molecular weight excluding hydrogens is 262 g/mol. The third kappa shape index (κ3) is 3.90. The van der Waals surface area contributed by atoms with Gasteiger partial charge in [0.1, 0.15) is 0 Å². The number of hydrogen-bond acceptors (Lipinski definition) is 5. The Kier molecular flexibility index (Phi) is 4.61. The molecule has 1 aliphatic rings. The summed E-state index contributed by atoms with van der Waals surface area (Å²) in [5, 5.41) is 11.6. The average molecular weight is 283 g/mol. The van der Waals surface area contributed by atoms with E-state index < -0.39 is 0 Å². The minimum absolute atomic E-state index is 0.749. The lowest BCUT2D eigenvalue weighted by Gasteiger charge is -2.26. The number of rotatable bonds is 5. The molecule has 0 amide bonds. The first-order chi connectivity index (χ1) is 10.4. The Bertz CT molecular complexity index is 552. The second kappa shape index (κ2) is 7.02. The van der Waals surface area contributed by atoms with Crippen molar-refractivity contribution in [1.82, 2.24) is 15.2 Å². The molecule has 2 aromatic rings. The van der Waals surface area contributed by atoms with Crippen LogP contribution in [0.1, 0.15) is 24.8 Å². The van der Waals surface area contributed by atoms with Crippen LogP contribution in [0.25, 0.3) is 0 Å². The molecule has 21 heavy (non-hydrogen) atoms. The number of piperidine rings is 1. The maximum absolute atomic E-state index is 4.57. The van der Waals surface area contributed by atoms with Crippen LogP contribution in [0.3, 0.4) is 0 Å². The van der Waals surface area contributed by atoms with Crippen LogP contribution in [0, 0.1) is 0 Å². The third-order valence-corrected chi connectivity index (χ3v) is 3.75. The molecule has 110 valence electrons. The van der Waals surface area contributed by atoms with E-state index >= 15 is 0 Å². The van der Waals surface area contributed by atoms with Crippen molar-refractivity contribution in [3.8, 4) is 0 Å². The molecule has 1 saturated heterocycles. The fraction of sp³-hybridized carbons (Fsp3) is 0.438. The Morgan fingerprint density at radius 2 is 1.86 bits per heavy atom. The van der Waals surface area contributed by atoms with Crippen LogP contribution in [-0.2, 0) is 6.42 Å². The van der Waals surface area contributed by atoms with Crippen LogP contribution in [0.15, 0.2) is 36.5 Å². The maximum Gasteiger partial charge on any atom is 0.247 e. The first-order valence-electron chi connectivity index (χ1n) is 7.64. The smallest absolute Gasteiger partial charge is 0.247 e. The fourth-order valence-electron chi connectivity index (χ4n) is 2.59. The van der Waals surface area contributed by atoms with E-state index in [1.165, 1.54) is 24.8 Å². The first-order valence-corrected chi connectivity index (χ1v) is 7.64. The van der Waals surface area contributed by atoms with E-state index in [9.17, 15) is 0 Å². The van der Waals surface area contributed by atoms with E-state index in [0.717, 1.165) is 37.8 Å². The van der Waals surface area contributed by atoms with Gasteiger partial charge in [0.05, 0.1) is 6.20 Å². The van der Waals surface area contributed by atoms with Gasteiger partial charge in [0.25, 0.3) is 0 Å². The molecule has 0 aliphatic carbocycles. The van der Waals surface area contributed by atoms with Crippen LogP contribution in [0.2, 0.25) is 0 Å². The molecule has 1 aromatic heterocycles. The molecule has 1 fully saturated rings. The molecule has 1 aromatic carbocycles. The summed E-state index contributed by atoms with van der Waals surface area (Å²) in [6.07, 6.45) is 6.41. The topological polar surface area (TPSA) is 53.9 Å². The van der Waals surface area contributed by atoms with Gasteiger partial charge in [-0.1, -0.05) is 30.3 Å². The monoisotopic (exact) mass is 283 g/mol. The summed E-state index contributed by atoms with van der Waals surface area (Å²) in [4.78, 5) is 6.79. The zero-order valence-corrected chi connectivity index (χ0v) is 12.2. The molecule has 5 heteroatoms. The summed E-state index contributed by atoms with van der Waals surface area (Å²) in [6.45, 7) is 2.92. The average Bonchev–Trinajstić information content (AvgIpc) is 2.57. The van der Waals surface area contributed by atoms with Crippen molar-refractivity contribution < 1.29 is 0 Å². The van der Waals surface area contributed by atoms with Crippen LogP contribution in [0.4, 0.5) is 11.8 Å². The normalized spacial score (nSPS) is 15.0. The fourth-order valence-corrected chi connectivity index (χ4v) is 2.59. The molecule has 0 saturated carbocycles. The molecule has 5 nitrogen and oxygen atoms in total. The van der Waals surface area contributed by atoms with Gasteiger partial charge in [-0.05, 0) is 31.2 Å². The zero-order valence-electron chi connectivity index (χ0n) is 12.2. The lowest BCUT2D eigenvalue weighted by molar-refractivity contribution is 0.565. The molecule has 2 heterocycles. The van der Waals surface area contributed by atoms with Crippen LogP contribution in [-0.4, -0.2) is 34.8 Å². The van der Waals surface area contributed by atoms with Crippen molar-refractivity contribution in [2.24, 2.45) is 0 Å². The summed E-state index contributed by atoms with van der Waals surface area (Å²) in [5.41, 5.74) is 1.32. The van der Waals surface area contributed by atoms with Crippen molar-refractivity contribution in [2.75, 3.05) is 29.9 Å². The maximum atomic E-state index is 4.57. The molecule has 0 spiro atoms. The van der Waals surface area contributed by atoms with E-state index in [0.29, 0.717) is 0 Å². The summed E-state index contributed by atoms with van der Waals surface area (Å²) in [7, 11) is 0. The van der Waals surface area contributed by atoms with Gasteiger partial charge in [0.15, 0.2) is 5.82 Å². The molecule has 0 bridgehead atoms. The number of nitrogens with one attached hydrogen (secondary N) is 1. The molecular formula is C16H21N5. The molecule has 0 radical (unpaired) electrons. The van der Waals surface area contributed by atoms with Crippen LogP contribution in [0.5, 0.6) is 0 Å². The predicted molar refractivity (Wildman–Crippen MR) is 84.5 cm³/mol. The van der Waals surface area contributed by atoms with Crippen molar-refractivity contribution in [3.05, 3.63) is 42.1 Å². The quantitative estimate of drug-likeness (QED) is 0.913. The second-order valence-electron chi connectivity index (χ2n) is 5.35. The van der Waals surface area contributed by atoms with E-state index in [4.69, 9.17) is 0 Å². The van der Waals surface area contributed by atoms with Gasteiger partial charge in [-0.2, -0.15) is 10.1 Å². The highest BCUT2D eigenvalue weighted by atomic mass is 15.3. The molecule has 3 rings (SSSR count). The minimum Gasteiger partial charge on any atom is -0.368 e. The van der Waals surface area contributed by atoms with Crippen molar-refractivity contribution in [1.29, 1.82) is 0 Å². The van der Waals surface area contributed by atoms with Crippen LogP contribution < -0.4 is 10.2 Å². The Hall–Kier alpha value is -2.17. The number of hydrogen-bond donors (Lipinski definition) is 1. The second-order valence-corrected chi connectivity index (χ2v) is 5.35. The highest BCUT2D eigenvalue weighted by Crippen LogP contribution is 2.15. The van der Waals surface area contributed by atoms with Crippen LogP contribution >= 0.6 is 0 Å². The number of aromatic nitrogens is 3. The lowest BCUT2D eigenvalue weighted by atomic mass is 10.1. The Balaban J connectivity index is 1.55. The SMILES string of the molecule is c1ccc(CCNc2cnnc(N3CCCCC3)n2)cc1. The Morgan fingerprint density at radius 1 is 1.05 bits per heavy atom. The lowest BCUT2D eigenvalue weighted by Crippen LogP contribution is -2.31. The number of nitrogens with zero attached hydrogens (tertiary/aromatic N) is 4. The first kappa shape index (κ1) is 13.8. The number of benzene rings is 1. The molecule has 1 N–H and O–H groups in total. The van der Waals surface area contributed by atoms with E-state index in [-0.39, 0.29) is 0 Å². The van der Waals surface area contributed by atoms with Gasteiger partial charge < -0.3 is 10.2 Å². The van der Waals surface area contributed by atoms with E-state index in [2.05, 4.69) is 49.7 Å². The summed E-state index contributed by atoms with van der Waals surface area (Å²) < 4.78 is 0. The van der Waals surface area contributed by atoms with Gasteiger partial charge in [-0.3, -0.25) is 0 Å². The third-order valence-electron chi connectivity index (χ3n) is 3.75. The minimum atomic E-state index is 0.749. The van der Waals surface area contributed by atoms with Crippen molar-refractivity contribution >= 4 is 11.8 Å². The van der Waals surface area contributed by atoms with Crippen molar-refractivity contribution in [3.63, 3.8) is 0 Å². The molecule has 0 unspecified atom stereocenters. The Labute approximate surface area is 125 Å². The van der Waals surface area contributed by atoms with Gasteiger partial charge in [-0.15, -0.1) is 5.10 Å². The van der Waals surface area contributed by atoms with Gasteiger partial charge in [-0.25, -0.2) is 0 Å². The Morgan fingerprint density at radius 3 is 2.67 bits per heavy atom. The van der Waals surface area contributed by atoms with Gasteiger partial charge in [0.2, 0.25) is 5.95 Å². The molecule has 1 aliphatic heterocycles. The largest absolute Gasteiger partial charge is 0.368 e. The predicted octanol–water partition coefficient (Wildman–Crippen LogP) is 2.52. The standard InChI is InChI=1S/C16H21N5/c1-3-7-14(8-4-1)9-10-17-15-13-18-20-16(19-15)21-11-5-2-6-12-21/h1,3-4,7-8,13H,2,5-6,9-12H2,(H,17,19,20).